The summed E-state index contributed by atoms with van der Waals surface area (Å²) in [5, 5.41) is 6.17. The summed E-state index contributed by atoms with van der Waals surface area (Å²) < 4.78 is 20.5. The van der Waals surface area contributed by atoms with Crippen LogP contribution < -0.4 is 15.4 Å². The van der Waals surface area contributed by atoms with E-state index in [9.17, 15) is 4.79 Å². The number of rotatable bonds is 4. The van der Waals surface area contributed by atoms with Gasteiger partial charge in [-0.3, -0.25) is 4.79 Å². The molecule has 1 heterocycles. The Balaban J connectivity index is 0.00000240. The number of hydrogen-bond donors (Lipinski definition) is 2. The molecule has 0 radical (unpaired) electrons. The van der Waals surface area contributed by atoms with Gasteiger partial charge in [0, 0.05) is 6.54 Å². The minimum absolute atomic E-state index is 0. The van der Waals surface area contributed by atoms with Gasteiger partial charge in [0.1, 0.15) is 11.6 Å². The number of aryl methyl sites for hydroxylation is 1. The van der Waals surface area contributed by atoms with Crippen molar-refractivity contribution in [1.29, 1.82) is 0 Å². The molecule has 0 bridgehead atoms. The largest absolute Gasteiger partial charge is 0.496 e. The molecule has 1 aliphatic heterocycles. The number of ether oxygens (including phenoxy) is 1. The van der Waals surface area contributed by atoms with Gasteiger partial charge in [-0.1, -0.05) is 31.0 Å². The van der Waals surface area contributed by atoms with E-state index in [-0.39, 0.29) is 29.8 Å². The number of carbonyl (C=O) groups excluding carboxylic acids is 1. The zero-order valence-corrected chi connectivity index (χ0v) is 17.8. The summed E-state index contributed by atoms with van der Waals surface area (Å²) in [5.74, 6) is 0.370. The second-order valence-electron chi connectivity index (χ2n) is 7.92. The van der Waals surface area contributed by atoms with E-state index in [0.717, 1.165) is 54.7 Å². The zero-order chi connectivity index (χ0) is 19.7. The van der Waals surface area contributed by atoms with E-state index in [1.165, 1.54) is 0 Å². The van der Waals surface area contributed by atoms with Crippen LogP contribution in [0.2, 0.25) is 0 Å². The molecule has 2 aromatic carbocycles. The fourth-order valence-electron chi connectivity index (χ4n) is 4.62. The molecule has 2 aliphatic rings. The van der Waals surface area contributed by atoms with Crippen molar-refractivity contribution in [2.45, 2.75) is 51.0 Å². The fourth-order valence-corrected chi connectivity index (χ4v) is 4.62. The van der Waals surface area contributed by atoms with Crippen LogP contribution in [-0.4, -0.2) is 19.6 Å². The van der Waals surface area contributed by atoms with Crippen LogP contribution >= 0.6 is 12.4 Å². The number of amides is 1. The Morgan fingerprint density at radius 2 is 1.97 bits per heavy atom. The maximum Gasteiger partial charge on any atom is 0.235 e. The Morgan fingerprint density at radius 1 is 1.21 bits per heavy atom. The molecule has 0 unspecified atom stereocenters. The molecule has 0 spiro atoms. The van der Waals surface area contributed by atoms with Crippen LogP contribution in [-0.2, 0) is 23.2 Å². The van der Waals surface area contributed by atoms with Crippen molar-refractivity contribution < 1.29 is 13.9 Å². The Bertz CT molecular complexity index is 910. The summed E-state index contributed by atoms with van der Waals surface area (Å²) in [6.07, 6.45) is 4.15. The topological polar surface area (TPSA) is 50.4 Å². The quantitative estimate of drug-likeness (QED) is 0.759. The van der Waals surface area contributed by atoms with Crippen molar-refractivity contribution >= 4 is 24.0 Å². The third-order valence-electron chi connectivity index (χ3n) is 6.31. The third kappa shape index (κ3) is 3.86. The molecule has 2 N–H and O–H groups in total. The molecule has 0 atom stereocenters. The van der Waals surface area contributed by atoms with E-state index >= 15 is 4.39 Å². The smallest absolute Gasteiger partial charge is 0.235 e. The van der Waals surface area contributed by atoms with Gasteiger partial charge < -0.3 is 15.4 Å². The van der Waals surface area contributed by atoms with Gasteiger partial charge in [0.25, 0.3) is 0 Å². The van der Waals surface area contributed by atoms with Crippen molar-refractivity contribution in [2.75, 3.05) is 19.0 Å². The van der Waals surface area contributed by atoms with Crippen molar-refractivity contribution in [3.63, 3.8) is 0 Å². The van der Waals surface area contributed by atoms with Crippen molar-refractivity contribution in [1.82, 2.24) is 5.32 Å². The molecular formula is C23H28ClFN2O2. The predicted molar refractivity (Wildman–Crippen MR) is 116 cm³/mol. The molecule has 0 aromatic heterocycles. The molecule has 1 fully saturated rings. The van der Waals surface area contributed by atoms with Gasteiger partial charge >= 0.3 is 0 Å². The van der Waals surface area contributed by atoms with Gasteiger partial charge in [-0.2, -0.15) is 0 Å². The first-order valence-electron chi connectivity index (χ1n) is 10.0. The van der Waals surface area contributed by atoms with E-state index in [1.807, 2.05) is 31.2 Å². The van der Waals surface area contributed by atoms with Crippen LogP contribution in [0.15, 0.2) is 30.3 Å². The van der Waals surface area contributed by atoms with Crippen molar-refractivity contribution in [3.8, 4) is 5.75 Å². The van der Waals surface area contributed by atoms with E-state index in [4.69, 9.17) is 4.74 Å². The van der Waals surface area contributed by atoms with E-state index in [1.54, 1.807) is 13.2 Å². The fraction of sp³-hybridized carbons (Fsp3) is 0.435. The summed E-state index contributed by atoms with van der Waals surface area (Å²) in [7, 11) is 1.64. The number of methoxy groups -OCH3 is 1. The Kier molecular flexibility index (Phi) is 6.49. The van der Waals surface area contributed by atoms with E-state index in [0.29, 0.717) is 18.5 Å². The number of carbonyl (C=O) groups is 1. The second-order valence-corrected chi connectivity index (χ2v) is 7.92. The molecule has 1 saturated carbocycles. The average Bonchev–Trinajstić information content (AvgIpc) is 3.22. The SMILES string of the molecule is COc1cc(C2(C(=O)Nc3ccc4c(c3F)CCNC4)CCCC2)ccc1C.Cl. The maximum atomic E-state index is 15.0. The lowest BCUT2D eigenvalue weighted by Gasteiger charge is -2.29. The molecule has 2 aromatic rings. The highest BCUT2D eigenvalue weighted by Gasteiger charge is 2.43. The minimum atomic E-state index is -0.634. The van der Waals surface area contributed by atoms with Crippen LogP contribution in [0.1, 0.15) is 47.9 Å². The first kappa shape index (κ1) is 21.6. The summed E-state index contributed by atoms with van der Waals surface area (Å²) in [6, 6.07) is 9.58. The highest BCUT2D eigenvalue weighted by molar-refractivity contribution is 5.99. The molecule has 4 rings (SSSR count). The Hall–Kier alpha value is -2.11. The number of nitrogens with one attached hydrogen (secondary N) is 2. The van der Waals surface area contributed by atoms with E-state index < -0.39 is 5.41 Å². The number of fused-ring (bicyclic) bond motifs is 1. The lowest BCUT2D eigenvalue weighted by atomic mass is 9.77. The number of anilines is 1. The molecule has 29 heavy (non-hydrogen) atoms. The first-order valence-corrected chi connectivity index (χ1v) is 10.0. The monoisotopic (exact) mass is 418 g/mol. The number of benzene rings is 2. The normalized spacial score (nSPS) is 17.2. The van der Waals surface area contributed by atoms with E-state index in [2.05, 4.69) is 10.6 Å². The summed E-state index contributed by atoms with van der Waals surface area (Å²) in [6.45, 7) is 3.42. The average molecular weight is 419 g/mol. The third-order valence-corrected chi connectivity index (χ3v) is 6.31. The standard InChI is InChI=1S/C23H27FN2O2.ClH/c1-15-5-7-17(13-20(15)28-2)23(10-3-4-11-23)22(27)26-19-8-6-16-14-25-12-9-18(16)21(19)24;/h5-8,13,25H,3-4,9-12,14H2,1-2H3,(H,26,27);1H. The van der Waals surface area contributed by atoms with Gasteiger partial charge in [-0.25, -0.2) is 4.39 Å². The molecule has 1 amide bonds. The lowest BCUT2D eigenvalue weighted by molar-refractivity contribution is -0.121. The molecule has 4 nitrogen and oxygen atoms in total. The molecule has 156 valence electrons. The highest BCUT2D eigenvalue weighted by atomic mass is 35.5. The second kappa shape index (κ2) is 8.72. The van der Waals surface area contributed by atoms with Gasteiger partial charge in [-0.15, -0.1) is 12.4 Å². The number of halogens is 2. The zero-order valence-electron chi connectivity index (χ0n) is 16.9. The van der Waals surface area contributed by atoms with Crippen molar-refractivity contribution in [3.05, 3.63) is 58.4 Å². The predicted octanol–water partition coefficient (Wildman–Crippen LogP) is 4.66. The van der Waals surface area contributed by atoms with Crippen molar-refractivity contribution in [2.24, 2.45) is 0 Å². The van der Waals surface area contributed by atoms with Crippen LogP contribution in [0.25, 0.3) is 0 Å². The number of hydrogen-bond acceptors (Lipinski definition) is 3. The van der Waals surface area contributed by atoms with Crippen LogP contribution in [0.5, 0.6) is 5.75 Å². The van der Waals surface area contributed by atoms with Gasteiger partial charge in [-0.05, 0) is 67.1 Å². The van der Waals surface area contributed by atoms with Gasteiger partial charge in [0.15, 0.2) is 0 Å². The van der Waals surface area contributed by atoms with Crippen LogP contribution in [0.4, 0.5) is 10.1 Å². The van der Waals surface area contributed by atoms with Crippen LogP contribution in [0, 0.1) is 12.7 Å². The summed E-state index contributed by atoms with van der Waals surface area (Å²) in [5.41, 5.74) is 3.33. The lowest BCUT2D eigenvalue weighted by Crippen LogP contribution is -2.38. The van der Waals surface area contributed by atoms with Gasteiger partial charge in [0.2, 0.25) is 5.91 Å². The maximum absolute atomic E-state index is 15.0. The summed E-state index contributed by atoms with van der Waals surface area (Å²) in [4.78, 5) is 13.4. The molecule has 6 heteroatoms. The molecule has 1 aliphatic carbocycles. The van der Waals surface area contributed by atoms with Crippen LogP contribution in [0.3, 0.4) is 0 Å². The Morgan fingerprint density at radius 3 is 2.69 bits per heavy atom. The Labute approximate surface area is 177 Å². The van der Waals surface area contributed by atoms with Gasteiger partial charge in [0.05, 0.1) is 18.2 Å². The highest BCUT2D eigenvalue weighted by Crippen LogP contribution is 2.43. The summed E-state index contributed by atoms with van der Waals surface area (Å²) >= 11 is 0. The first-order chi connectivity index (χ1) is 13.5. The molecule has 0 saturated heterocycles. The minimum Gasteiger partial charge on any atom is -0.496 e. The molecular weight excluding hydrogens is 391 g/mol.